The van der Waals surface area contributed by atoms with Crippen LogP contribution in [-0.4, -0.2) is 0 Å². The third-order valence-corrected chi connectivity index (χ3v) is 6.22. The fraction of sp³-hybridized carbons (Fsp3) is 1.00. The van der Waals surface area contributed by atoms with Crippen LogP contribution in [-0.2, 0) is 0 Å². The Morgan fingerprint density at radius 3 is 1.83 bits per heavy atom. The van der Waals surface area contributed by atoms with Crippen molar-refractivity contribution in [3.8, 4) is 0 Å². The van der Waals surface area contributed by atoms with E-state index in [-0.39, 0.29) is 0 Å². The third-order valence-electron chi connectivity index (χ3n) is 6.22. The van der Waals surface area contributed by atoms with Crippen LogP contribution in [0.3, 0.4) is 0 Å². The van der Waals surface area contributed by atoms with Gasteiger partial charge in [0.05, 0.1) is 0 Å². The van der Waals surface area contributed by atoms with Crippen LogP contribution < -0.4 is 0 Å². The smallest absolute Gasteiger partial charge is 0.0323 e. The fourth-order valence-corrected chi connectivity index (χ4v) is 3.98. The molecule has 0 bridgehead atoms. The molecule has 0 aliphatic carbocycles. The molecule has 0 N–H and O–H groups in total. The molecule has 0 spiro atoms. The summed E-state index contributed by atoms with van der Waals surface area (Å²) in [6.07, 6.45) is 17.2. The highest BCUT2D eigenvalue weighted by atomic mass is 14.3. The maximum Gasteiger partial charge on any atom is -0.0323 e. The van der Waals surface area contributed by atoms with E-state index >= 15 is 0 Å². The Bertz CT molecular complexity index is 255. The predicted molar refractivity (Wildman–Crippen MR) is 108 cm³/mol. The maximum absolute atomic E-state index is 2.55. The Morgan fingerprint density at radius 1 is 0.739 bits per heavy atom. The minimum atomic E-state index is 0.608. The van der Waals surface area contributed by atoms with Crippen LogP contribution in [0.25, 0.3) is 0 Å². The standard InChI is InChI=1S/C23H48/c1-8-17-23(7,19-21(5)9-2)18-15-13-11-10-12-14-16-22(6)20(3)4/h20-22H,8-19H2,1-7H3. The number of hydrogen-bond acceptors (Lipinski definition) is 0. The summed E-state index contributed by atoms with van der Waals surface area (Å²) in [4.78, 5) is 0. The molecular formula is C23H48. The van der Waals surface area contributed by atoms with Gasteiger partial charge in [0, 0.05) is 0 Å². The quantitative estimate of drug-likeness (QED) is 0.264. The zero-order valence-electron chi connectivity index (χ0n) is 17.7. The fourth-order valence-electron chi connectivity index (χ4n) is 3.98. The summed E-state index contributed by atoms with van der Waals surface area (Å²) in [7, 11) is 0. The average Bonchev–Trinajstić information content (AvgIpc) is 2.49. The van der Waals surface area contributed by atoms with E-state index in [9.17, 15) is 0 Å². The summed E-state index contributed by atoms with van der Waals surface area (Å²) < 4.78 is 0. The topological polar surface area (TPSA) is 0 Å². The molecule has 0 aromatic carbocycles. The summed E-state index contributed by atoms with van der Waals surface area (Å²) in [6.45, 7) is 16.8. The second-order valence-corrected chi connectivity index (χ2v) is 9.16. The van der Waals surface area contributed by atoms with Gasteiger partial charge < -0.3 is 0 Å². The van der Waals surface area contributed by atoms with E-state index in [4.69, 9.17) is 0 Å². The van der Waals surface area contributed by atoms with Crippen molar-refractivity contribution in [2.24, 2.45) is 23.2 Å². The molecule has 0 amide bonds. The highest BCUT2D eigenvalue weighted by Crippen LogP contribution is 2.37. The number of hydrogen-bond donors (Lipinski definition) is 0. The van der Waals surface area contributed by atoms with Gasteiger partial charge in [-0.2, -0.15) is 0 Å². The van der Waals surface area contributed by atoms with Gasteiger partial charge in [-0.1, -0.05) is 106 Å². The summed E-state index contributed by atoms with van der Waals surface area (Å²) in [5.74, 6) is 2.66. The van der Waals surface area contributed by atoms with Gasteiger partial charge in [0.25, 0.3) is 0 Å². The maximum atomic E-state index is 2.55. The Morgan fingerprint density at radius 2 is 1.30 bits per heavy atom. The molecule has 0 saturated carbocycles. The van der Waals surface area contributed by atoms with Crippen molar-refractivity contribution in [1.82, 2.24) is 0 Å². The van der Waals surface area contributed by atoms with Crippen molar-refractivity contribution in [2.45, 2.75) is 126 Å². The summed E-state index contributed by atoms with van der Waals surface area (Å²) >= 11 is 0. The molecule has 3 atom stereocenters. The normalized spacial score (nSPS) is 17.2. The molecule has 0 radical (unpaired) electrons. The second-order valence-electron chi connectivity index (χ2n) is 9.16. The highest BCUT2D eigenvalue weighted by Gasteiger charge is 2.24. The van der Waals surface area contributed by atoms with Crippen molar-refractivity contribution >= 4 is 0 Å². The lowest BCUT2D eigenvalue weighted by Gasteiger charge is -2.32. The van der Waals surface area contributed by atoms with Crippen LogP contribution in [0, 0.1) is 23.2 Å². The zero-order chi connectivity index (χ0) is 17.7. The monoisotopic (exact) mass is 324 g/mol. The van der Waals surface area contributed by atoms with E-state index < -0.39 is 0 Å². The van der Waals surface area contributed by atoms with Crippen molar-refractivity contribution in [2.75, 3.05) is 0 Å². The Hall–Kier alpha value is 0. The van der Waals surface area contributed by atoms with Crippen LogP contribution in [0.2, 0.25) is 0 Å². The minimum Gasteiger partial charge on any atom is -0.0654 e. The minimum absolute atomic E-state index is 0.608. The molecule has 140 valence electrons. The third kappa shape index (κ3) is 12.1. The first-order valence-corrected chi connectivity index (χ1v) is 10.8. The van der Waals surface area contributed by atoms with Crippen LogP contribution in [0.1, 0.15) is 126 Å². The molecule has 0 nitrogen and oxygen atoms in total. The molecule has 0 aliphatic heterocycles. The van der Waals surface area contributed by atoms with Crippen LogP contribution >= 0.6 is 0 Å². The SMILES string of the molecule is CCCC(C)(CCCCCCCCC(C)C(C)C)CC(C)CC. The lowest BCUT2D eigenvalue weighted by atomic mass is 9.74. The van der Waals surface area contributed by atoms with E-state index in [1.165, 1.54) is 77.0 Å². The van der Waals surface area contributed by atoms with Gasteiger partial charge in [0.1, 0.15) is 0 Å². The largest absolute Gasteiger partial charge is 0.0654 e. The first-order chi connectivity index (χ1) is 10.8. The van der Waals surface area contributed by atoms with E-state index in [0.717, 1.165) is 17.8 Å². The molecular weight excluding hydrogens is 276 g/mol. The average molecular weight is 325 g/mol. The molecule has 0 aromatic heterocycles. The molecule has 3 unspecified atom stereocenters. The Labute approximate surface area is 149 Å². The second kappa shape index (κ2) is 13.3. The Kier molecular flexibility index (Phi) is 13.3. The number of rotatable bonds is 15. The van der Waals surface area contributed by atoms with Gasteiger partial charge in [-0.05, 0) is 42.4 Å². The van der Waals surface area contributed by atoms with Crippen molar-refractivity contribution < 1.29 is 0 Å². The molecule has 0 rings (SSSR count). The van der Waals surface area contributed by atoms with E-state index in [2.05, 4.69) is 48.5 Å². The molecule has 23 heavy (non-hydrogen) atoms. The van der Waals surface area contributed by atoms with Gasteiger partial charge in [-0.25, -0.2) is 0 Å². The first-order valence-electron chi connectivity index (χ1n) is 10.8. The predicted octanol–water partition coefficient (Wildman–Crippen LogP) is 8.64. The summed E-state index contributed by atoms with van der Waals surface area (Å²) in [5.41, 5.74) is 0.608. The molecule has 0 heteroatoms. The van der Waals surface area contributed by atoms with Gasteiger partial charge in [0.2, 0.25) is 0 Å². The lowest BCUT2D eigenvalue weighted by molar-refractivity contribution is 0.198. The summed E-state index contributed by atoms with van der Waals surface area (Å²) in [5, 5.41) is 0. The van der Waals surface area contributed by atoms with Gasteiger partial charge in [0.15, 0.2) is 0 Å². The van der Waals surface area contributed by atoms with Crippen molar-refractivity contribution in [3.63, 3.8) is 0 Å². The lowest BCUT2D eigenvalue weighted by Crippen LogP contribution is -2.19. The van der Waals surface area contributed by atoms with E-state index in [0.29, 0.717) is 5.41 Å². The molecule has 0 fully saturated rings. The van der Waals surface area contributed by atoms with E-state index in [1.54, 1.807) is 0 Å². The summed E-state index contributed by atoms with van der Waals surface area (Å²) in [6, 6.07) is 0. The molecule has 0 aromatic rings. The number of unbranched alkanes of at least 4 members (excludes halogenated alkanes) is 5. The Balaban J connectivity index is 3.74. The van der Waals surface area contributed by atoms with Crippen molar-refractivity contribution in [3.05, 3.63) is 0 Å². The zero-order valence-corrected chi connectivity index (χ0v) is 17.7. The van der Waals surface area contributed by atoms with Crippen molar-refractivity contribution in [1.29, 1.82) is 0 Å². The van der Waals surface area contributed by atoms with Gasteiger partial charge in [-0.3, -0.25) is 0 Å². The van der Waals surface area contributed by atoms with Crippen LogP contribution in [0.15, 0.2) is 0 Å². The molecule has 0 aliphatic rings. The van der Waals surface area contributed by atoms with E-state index in [1.807, 2.05) is 0 Å². The van der Waals surface area contributed by atoms with Gasteiger partial charge in [-0.15, -0.1) is 0 Å². The van der Waals surface area contributed by atoms with Crippen LogP contribution in [0.4, 0.5) is 0 Å². The highest BCUT2D eigenvalue weighted by molar-refractivity contribution is 4.76. The molecule has 0 saturated heterocycles. The first kappa shape index (κ1) is 23.0. The van der Waals surface area contributed by atoms with Crippen LogP contribution in [0.5, 0.6) is 0 Å². The molecule has 0 heterocycles. The van der Waals surface area contributed by atoms with Gasteiger partial charge >= 0.3 is 0 Å².